The molecule has 1 saturated carbocycles. The van der Waals surface area contributed by atoms with Crippen LogP contribution in [0.15, 0.2) is 52.4 Å². The molecule has 1 fully saturated rings. The van der Waals surface area contributed by atoms with Crippen LogP contribution in [0.5, 0.6) is 11.5 Å². The van der Waals surface area contributed by atoms with Gasteiger partial charge < -0.3 is 9.47 Å². The number of ether oxygens (including phenoxy) is 2. The van der Waals surface area contributed by atoms with Crippen LogP contribution in [0.25, 0.3) is 10.9 Å². The predicted octanol–water partition coefficient (Wildman–Crippen LogP) is 5.51. The molecule has 1 aromatic heterocycles. The highest BCUT2D eigenvalue weighted by molar-refractivity contribution is 5.81. The van der Waals surface area contributed by atoms with Crippen molar-refractivity contribution in [3.63, 3.8) is 0 Å². The van der Waals surface area contributed by atoms with Crippen LogP contribution in [0, 0.1) is 0 Å². The number of hydrogen-bond acceptors (Lipinski definition) is 5. The summed E-state index contributed by atoms with van der Waals surface area (Å²) in [5, 5.41) is 5.20. The van der Waals surface area contributed by atoms with Crippen LogP contribution in [0.3, 0.4) is 0 Å². The van der Waals surface area contributed by atoms with Crippen LogP contribution < -0.4 is 15.0 Å². The van der Waals surface area contributed by atoms with Gasteiger partial charge >= 0.3 is 0 Å². The van der Waals surface area contributed by atoms with Gasteiger partial charge in [0, 0.05) is 5.92 Å². The summed E-state index contributed by atoms with van der Waals surface area (Å²) in [6, 6.07) is 13.2. The van der Waals surface area contributed by atoms with Crippen molar-refractivity contribution < 1.29 is 9.47 Å². The molecule has 168 valence electrons. The Morgan fingerprint density at radius 1 is 1.12 bits per heavy atom. The minimum Gasteiger partial charge on any atom is -0.490 e. The molecular weight excluding hydrogens is 402 g/mol. The van der Waals surface area contributed by atoms with E-state index in [1.807, 2.05) is 63.2 Å². The summed E-state index contributed by atoms with van der Waals surface area (Å²) in [5.74, 6) is 2.38. The molecule has 1 heterocycles. The van der Waals surface area contributed by atoms with Gasteiger partial charge in [0.2, 0.25) is 0 Å². The highest BCUT2D eigenvalue weighted by atomic mass is 16.5. The van der Waals surface area contributed by atoms with Crippen molar-refractivity contribution in [3.8, 4) is 11.5 Å². The summed E-state index contributed by atoms with van der Waals surface area (Å²) in [6.07, 6.45) is 7.38. The summed E-state index contributed by atoms with van der Waals surface area (Å²) < 4.78 is 13.1. The van der Waals surface area contributed by atoms with Gasteiger partial charge in [0.15, 0.2) is 11.5 Å². The molecule has 1 aliphatic rings. The second-order valence-corrected chi connectivity index (χ2v) is 8.49. The van der Waals surface area contributed by atoms with E-state index in [0.717, 1.165) is 42.6 Å². The Balaban J connectivity index is 1.75. The van der Waals surface area contributed by atoms with Gasteiger partial charge in [-0.1, -0.05) is 31.4 Å². The van der Waals surface area contributed by atoms with Crippen molar-refractivity contribution >= 4 is 17.1 Å². The molecule has 0 saturated heterocycles. The van der Waals surface area contributed by atoms with E-state index in [4.69, 9.17) is 14.5 Å². The summed E-state index contributed by atoms with van der Waals surface area (Å²) >= 11 is 0. The summed E-state index contributed by atoms with van der Waals surface area (Å²) in [5.41, 5.74) is 1.44. The van der Waals surface area contributed by atoms with Gasteiger partial charge in [0.25, 0.3) is 5.56 Å². The lowest BCUT2D eigenvalue weighted by atomic mass is 9.88. The molecule has 6 nitrogen and oxygen atoms in total. The second kappa shape index (κ2) is 9.98. The smallest absolute Gasteiger partial charge is 0.282 e. The van der Waals surface area contributed by atoms with Crippen LogP contribution in [-0.2, 0) is 0 Å². The molecule has 0 spiro atoms. The first-order valence-electron chi connectivity index (χ1n) is 11.6. The van der Waals surface area contributed by atoms with E-state index in [1.165, 1.54) is 11.1 Å². The minimum absolute atomic E-state index is 0.0500. The van der Waals surface area contributed by atoms with E-state index in [2.05, 4.69) is 5.10 Å². The molecule has 2 aromatic carbocycles. The van der Waals surface area contributed by atoms with Gasteiger partial charge in [-0.05, 0) is 69.5 Å². The van der Waals surface area contributed by atoms with Crippen LogP contribution in [0.1, 0.15) is 70.2 Å². The molecule has 3 aromatic rings. The van der Waals surface area contributed by atoms with Crippen LogP contribution >= 0.6 is 0 Å². The molecule has 0 atom stereocenters. The topological polar surface area (TPSA) is 65.7 Å². The SMILES string of the molecule is CCOc1cc(C=Nn2c(C3CCCCC3)nc3ccccc3c2=O)ccc1OC(C)C. The monoisotopic (exact) mass is 433 g/mol. The van der Waals surface area contributed by atoms with Crippen molar-refractivity contribution in [3.05, 3.63) is 64.2 Å². The molecule has 32 heavy (non-hydrogen) atoms. The largest absolute Gasteiger partial charge is 0.490 e. The zero-order valence-electron chi connectivity index (χ0n) is 19.1. The maximum absolute atomic E-state index is 13.3. The molecule has 0 radical (unpaired) electrons. The third-order valence-electron chi connectivity index (χ3n) is 5.70. The van der Waals surface area contributed by atoms with Gasteiger partial charge in [-0.15, -0.1) is 0 Å². The first-order chi connectivity index (χ1) is 15.6. The maximum Gasteiger partial charge on any atom is 0.282 e. The molecule has 6 heteroatoms. The lowest BCUT2D eigenvalue weighted by molar-refractivity contribution is 0.224. The zero-order chi connectivity index (χ0) is 22.5. The third-order valence-corrected chi connectivity index (χ3v) is 5.70. The molecule has 0 aliphatic heterocycles. The van der Waals surface area contributed by atoms with Gasteiger partial charge in [-0.2, -0.15) is 9.78 Å². The number of hydrogen-bond donors (Lipinski definition) is 0. The summed E-state index contributed by atoms with van der Waals surface area (Å²) in [4.78, 5) is 18.2. The average molecular weight is 434 g/mol. The fourth-order valence-electron chi connectivity index (χ4n) is 4.23. The molecule has 0 bridgehead atoms. The number of nitrogens with zero attached hydrogens (tertiary/aromatic N) is 3. The summed E-state index contributed by atoms with van der Waals surface area (Å²) in [6.45, 7) is 6.44. The van der Waals surface area contributed by atoms with E-state index in [-0.39, 0.29) is 17.6 Å². The zero-order valence-corrected chi connectivity index (χ0v) is 19.1. The van der Waals surface area contributed by atoms with Crippen molar-refractivity contribution in [2.45, 2.75) is 64.9 Å². The third kappa shape index (κ3) is 4.85. The molecule has 0 amide bonds. The number of benzene rings is 2. The van der Waals surface area contributed by atoms with E-state index < -0.39 is 0 Å². The fourth-order valence-corrected chi connectivity index (χ4v) is 4.23. The van der Waals surface area contributed by atoms with Crippen LogP contribution in [0.2, 0.25) is 0 Å². The minimum atomic E-state index is -0.128. The highest BCUT2D eigenvalue weighted by Crippen LogP contribution is 2.32. The standard InChI is InChI=1S/C26H31N3O3/c1-4-31-24-16-19(14-15-23(24)32-18(2)3)17-27-29-25(20-10-6-5-7-11-20)28-22-13-9-8-12-21(22)26(29)30/h8-9,12-18,20H,4-7,10-11H2,1-3H3. The number of rotatable bonds is 7. The Hall–Kier alpha value is -3.15. The lowest BCUT2D eigenvalue weighted by Gasteiger charge is -2.22. The molecule has 4 rings (SSSR count). The van der Waals surface area contributed by atoms with Crippen LogP contribution in [0.4, 0.5) is 0 Å². The van der Waals surface area contributed by atoms with E-state index in [1.54, 1.807) is 6.21 Å². The number of aromatic nitrogens is 2. The fraction of sp³-hybridized carbons (Fsp3) is 0.423. The van der Waals surface area contributed by atoms with E-state index in [0.29, 0.717) is 23.5 Å². The lowest BCUT2D eigenvalue weighted by Crippen LogP contribution is -2.25. The van der Waals surface area contributed by atoms with E-state index >= 15 is 0 Å². The Kier molecular flexibility index (Phi) is 6.88. The van der Waals surface area contributed by atoms with Gasteiger partial charge in [0.05, 0.1) is 29.8 Å². The first kappa shape index (κ1) is 22.1. The van der Waals surface area contributed by atoms with Crippen LogP contribution in [-0.4, -0.2) is 28.6 Å². The first-order valence-corrected chi connectivity index (χ1v) is 11.6. The van der Waals surface area contributed by atoms with E-state index in [9.17, 15) is 4.79 Å². The molecular formula is C26H31N3O3. The van der Waals surface area contributed by atoms with Gasteiger partial charge in [0.1, 0.15) is 5.82 Å². The molecule has 1 aliphatic carbocycles. The van der Waals surface area contributed by atoms with Crippen molar-refractivity contribution in [1.29, 1.82) is 0 Å². The summed E-state index contributed by atoms with van der Waals surface area (Å²) in [7, 11) is 0. The second-order valence-electron chi connectivity index (χ2n) is 8.49. The van der Waals surface area contributed by atoms with Gasteiger partial charge in [-0.3, -0.25) is 4.79 Å². The Morgan fingerprint density at radius 2 is 1.91 bits per heavy atom. The Morgan fingerprint density at radius 3 is 2.66 bits per heavy atom. The normalized spacial score (nSPS) is 15.0. The maximum atomic E-state index is 13.3. The van der Waals surface area contributed by atoms with Crippen molar-refractivity contribution in [2.75, 3.05) is 6.61 Å². The van der Waals surface area contributed by atoms with Crippen molar-refractivity contribution in [2.24, 2.45) is 5.10 Å². The number of fused-ring (bicyclic) bond motifs is 1. The Bertz CT molecular complexity index is 1160. The highest BCUT2D eigenvalue weighted by Gasteiger charge is 2.22. The predicted molar refractivity (Wildman–Crippen MR) is 128 cm³/mol. The van der Waals surface area contributed by atoms with Gasteiger partial charge in [-0.25, -0.2) is 4.98 Å². The molecule has 0 N–H and O–H groups in total. The number of para-hydroxylation sites is 1. The Labute approximate surface area is 188 Å². The quantitative estimate of drug-likeness (QED) is 0.461. The molecule has 0 unspecified atom stereocenters. The average Bonchev–Trinajstić information content (AvgIpc) is 2.80. The van der Waals surface area contributed by atoms with Crippen molar-refractivity contribution in [1.82, 2.24) is 9.66 Å².